The summed E-state index contributed by atoms with van der Waals surface area (Å²) in [5.74, 6) is 0.265. The molecule has 4 aromatic rings. The zero-order chi connectivity index (χ0) is 24.4. The molecule has 0 bridgehead atoms. The first-order valence-electron chi connectivity index (χ1n) is 12.7. The summed E-state index contributed by atoms with van der Waals surface area (Å²) in [6.45, 7) is 10.7. The number of carbonyl (C=O) groups excluding carboxylic acids is 1. The van der Waals surface area contributed by atoms with Crippen molar-refractivity contribution >= 4 is 22.5 Å². The van der Waals surface area contributed by atoms with Gasteiger partial charge in [-0.15, -0.1) is 0 Å². The molecule has 1 fully saturated rings. The van der Waals surface area contributed by atoms with Crippen molar-refractivity contribution in [3.8, 4) is 0 Å². The molecule has 180 valence electrons. The van der Waals surface area contributed by atoms with Gasteiger partial charge in [-0.2, -0.15) is 0 Å². The van der Waals surface area contributed by atoms with Gasteiger partial charge in [0.25, 0.3) is 0 Å². The van der Waals surface area contributed by atoms with Crippen molar-refractivity contribution in [3.63, 3.8) is 0 Å². The fourth-order valence-electron chi connectivity index (χ4n) is 5.22. The van der Waals surface area contributed by atoms with Gasteiger partial charge in [-0.25, -0.2) is 0 Å². The molecule has 1 aliphatic rings. The minimum Gasteiger partial charge on any atom is -0.368 e. The third kappa shape index (κ3) is 4.97. The molecule has 0 saturated carbocycles. The summed E-state index contributed by atoms with van der Waals surface area (Å²) >= 11 is 0. The maximum absolute atomic E-state index is 13.1. The molecule has 3 aromatic carbocycles. The Bertz CT molecular complexity index is 1330. The lowest BCUT2D eigenvalue weighted by Crippen LogP contribution is -2.49. The molecular weight excluding hydrogens is 430 g/mol. The first-order valence-corrected chi connectivity index (χ1v) is 12.7. The molecule has 5 rings (SSSR count). The van der Waals surface area contributed by atoms with Gasteiger partial charge in [-0.3, -0.25) is 4.79 Å². The van der Waals surface area contributed by atoms with Crippen molar-refractivity contribution in [2.45, 2.75) is 40.2 Å². The van der Waals surface area contributed by atoms with E-state index in [9.17, 15) is 4.79 Å². The molecule has 4 nitrogen and oxygen atoms in total. The molecule has 1 amide bonds. The van der Waals surface area contributed by atoms with Crippen LogP contribution in [0.15, 0.2) is 72.9 Å². The topological polar surface area (TPSA) is 28.5 Å². The number of para-hydroxylation sites is 1. The number of anilines is 1. The molecule has 1 saturated heterocycles. The van der Waals surface area contributed by atoms with Crippen LogP contribution in [-0.4, -0.2) is 41.6 Å². The molecule has 0 radical (unpaired) electrons. The van der Waals surface area contributed by atoms with Crippen molar-refractivity contribution in [3.05, 3.63) is 101 Å². The van der Waals surface area contributed by atoms with Gasteiger partial charge >= 0.3 is 0 Å². The van der Waals surface area contributed by atoms with Crippen molar-refractivity contribution in [1.82, 2.24) is 9.47 Å². The van der Waals surface area contributed by atoms with Crippen molar-refractivity contribution in [2.24, 2.45) is 0 Å². The minimum atomic E-state index is 0.265. The Labute approximate surface area is 208 Å². The van der Waals surface area contributed by atoms with Gasteiger partial charge in [0.15, 0.2) is 0 Å². The van der Waals surface area contributed by atoms with E-state index in [0.29, 0.717) is 6.42 Å². The minimum absolute atomic E-state index is 0.265. The van der Waals surface area contributed by atoms with Crippen LogP contribution in [0, 0.1) is 20.8 Å². The van der Waals surface area contributed by atoms with Gasteiger partial charge < -0.3 is 14.4 Å². The summed E-state index contributed by atoms with van der Waals surface area (Å²) in [7, 11) is 0. The standard InChI is InChI=1S/C31H35N3O/c1-23-11-13-26(14-12-23)21-34-22-27(28-8-4-5-9-30(28)34)15-16-31(35)33-19-17-32(18-20-33)29-10-6-7-24(2)25(29)3/h4-14,22H,15-21H2,1-3H3. The normalized spacial score (nSPS) is 14.0. The Morgan fingerprint density at radius 1 is 0.829 bits per heavy atom. The van der Waals surface area contributed by atoms with E-state index in [1.807, 2.05) is 4.90 Å². The number of carbonyl (C=O) groups is 1. The highest BCUT2D eigenvalue weighted by Crippen LogP contribution is 2.26. The molecule has 0 N–H and O–H groups in total. The van der Waals surface area contributed by atoms with Crippen LogP contribution >= 0.6 is 0 Å². The number of amides is 1. The summed E-state index contributed by atoms with van der Waals surface area (Å²) in [6, 6.07) is 23.8. The van der Waals surface area contributed by atoms with Crippen LogP contribution in [0.5, 0.6) is 0 Å². The highest BCUT2D eigenvalue weighted by Gasteiger charge is 2.22. The summed E-state index contributed by atoms with van der Waals surface area (Å²) < 4.78 is 2.32. The summed E-state index contributed by atoms with van der Waals surface area (Å²) in [5, 5.41) is 1.26. The van der Waals surface area contributed by atoms with Crippen molar-refractivity contribution in [2.75, 3.05) is 31.1 Å². The molecule has 2 heterocycles. The van der Waals surface area contributed by atoms with Crippen LogP contribution in [0.25, 0.3) is 10.9 Å². The van der Waals surface area contributed by atoms with Crippen molar-refractivity contribution in [1.29, 1.82) is 0 Å². The fourth-order valence-corrected chi connectivity index (χ4v) is 5.22. The number of aryl methyl sites for hydroxylation is 3. The van der Waals surface area contributed by atoms with Crippen LogP contribution in [-0.2, 0) is 17.8 Å². The van der Waals surface area contributed by atoms with E-state index < -0.39 is 0 Å². The Balaban J connectivity index is 1.23. The smallest absolute Gasteiger partial charge is 0.223 e. The number of aromatic nitrogens is 1. The molecule has 0 aliphatic carbocycles. The Hall–Kier alpha value is -3.53. The van der Waals surface area contributed by atoms with E-state index in [4.69, 9.17) is 0 Å². The number of fused-ring (bicyclic) bond motifs is 1. The van der Waals surface area contributed by atoms with E-state index in [0.717, 1.165) is 39.1 Å². The predicted molar refractivity (Wildman–Crippen MR) is 145 cm³/mol. The van der Waals surface area contributed by atoms with Crippen LogP contribution in [0.1, 0.15) is 34.2 Å². The second-order valence-corrected chi connectivity index (χ2v) is 9.87. The van der Waals surface area contributed by atoms with Gasteiger partial charge in [0.2, 0.25) is 5.91 Å². The zero-order valence-electron chi connectivity index (χ0n) is 21.1. The van der Waals surface area contributed by atoms with Crippen LogP contribution in [0.2, 0.25) is 0 Å². The van der Waals surface area contributed by atoms with Crippen LogP contribution in [0.3, 0.4) is 0 Å². The Morgan fingerprint density at radius 3 is 2.34 bits per heavy atom. The highest BCUT2D eigenvalue weighted by atomic mass is 16.2. The van der Waals surface area contributed by atoms with E-state index in [1.165, 1.54) is 44.4 Å². The lowest BCUT2D eigenvalue weighted by Gasteiger charge is -2.37. The van der Waals surface area contributed by atoms with E-state index in [2.05, 4.69) is 103 Å². The van der Waals surface area contributed by atoms with Crippen molar-refractivity contribution < 1.29 is 4.79 Å². The average molecular weight is 466 g/mol. The third-order valence-electron chi connectivity index (χ3n) is 7.50. The molecule has 4 heteroatoms. The van der Waals surface area contributed by atoms with E-state index in [-0.39, 0.29) is 5.91 Å². The van der Waals surface area contributed by atoms with Crippen LogP contribution < -0.4 is 4.90 Å². The van der Waals surface area contributed by atoms with Gasteiger partial charge in [-0.1, -0.05) is 60.2 Å². The number of rotatable bonds is 6. The second-order valence-electron chi connectivity index (χ2n) is 9.87. The maximum Gasteiger partial charge on any atom is 0.223 e. The lowest BCUT2D eigenvalue weighted by atomic mass is 10.1. The zero-order valence-corrected chi connectivity index (χ0v) is 21.1. The molecule has 1 aliphatic heterocycles. The number of nitrogens with zero attached hydrogens (tertiary/aromatic N) is 3. The fraction of sp³-hybridized carbons (Fsp3) is 0.323. The lowest BCUT2D eigenvalue weighted by molar-refractivity contribution is -0.131. The Kier molecular flexibility index (Phi) is 6.63. The summed E-state index contributed by atoms with van der Waals surface area (Å²) in [4.78, 5) is 17.6. The third-order valence-corrected chi connectivity index (χ3v) is 7.50. The quantitative estimate of drug-likeness (QED) is 0.355. The van der Waals surface area contributed by atoms with Gasteiger partial charge in [0, 0.05) is 61.9 Å². The summed E-state index contributed by atoms with van der Waals surface area (Å²) in [5.41, 5.74) is 9.03. The number of hydrogen-bond donors (Lipinski definition) is 0. The van der Waals surface area contributed by atoms with Gasteiger partial charge in [-0.05, 0) is 61.6 Å². The monoisotopic (exact) mass is 465 g/mol. The number of hydrogen-bond acceptors (Lipinski definition) is 2. The number of benzene rings is 3. The molecule has 0 spiro atoms. The SMILES string of the molecule is Cc1ccc(Cn2cc(CCC(=O)N3CCN(c4cccc(C)c4C)CC3)c3ccccc32)cc1. The molecule has 1 aromatic heterocycles. The molecule has 0 atom stereocenters. The van der Waals surface area contributed by atoms with Crippen LogP contribution in [0.4, 0.5) is 5.69 Å². The first-order chi connectivity index (χ1) is 17.0. The Morgan fingerprint density at radius 2 is 1.57 bits per heavy atom. The molecule has 0 unspecified atom stereocenters. The van der Waals surface area contributed by atoms with E-state index in [1.54, 1.807) is 0 Å². The summed E-state index contributed by atoms with van der Waals surface area (Å²) in [6.07, 6.45) is 3.58. The van der Waals surface area contributed by atoms with E-state index >= 15 is 0 Å². The van der Waals surface area contributed by atoms with Gasteiger partial charge in [0.05, 0.1) is 0 Å². The average Bonchev–Trinajstić information content (AvgIpc) is 3.23. The number of piperazine rings is 1. The highest BCUT2D eigenvalue weighted by molar-refractivity contribution is 5.85. The molecule has 35 heavy (non-hydrogen) atoms. The maximum atomic E-state index is 13.1. The largest absolute Gasteiger partial charge is 0.368 e. The second kappa shape index (κ2) is 9.99. The van der Waals surface area contributed by atoms with Gasteiger partial charge in [0.1, 0.15) is 0 Å². The first kappa shape index (κ1) is 23.2. The predicted octanol–water partition coefficient (Wildman–Crippen LogP) is 5.90. The molecular formula is C31H35N3O.